The van der Waals surface area contributed by atoms with Crippen LogP contribution in [0.1, 0.15) is 32.1 Å². The fourth-order valence-electron chi connectivity index (χ4n) is 2.96. The van der Waals surface area contributed by atoms with Crippen molar-refractivity contribution < 1.29 is 55.6 Å². The topological polar surface area (TPSA) is 124 Å². The molecule has 0 amide bonds. The maximum atomic E-state index is 12.7. The average molecular weight is 604 g/mol. The number of alkyl halides is 6. The number of aromatic carboxylic acids is 2. The predicted molar refractivity (Wildman–Crippen MR) is 126 cm³/mol. The van der Waals surface area contributed by atoms with Crippen molar-refractivity contribution in [3.05, 3.63) is 108 Å². The monoisotopic (exact) mass is 604 g/mol. The van der Waals surface area contributed by atoms with E-state index in [2.05, 4.69) is 9.97 Å². The number of carboxylic acid groups (broad SMARTS) is 2. The van der Waals surface area contributed by atoms with Gasteiger partial charge in [-0.25, -0.2) is 0 Å². The smallest absolute Gasteiger partial charge is 0.543 e. The second-order valence-electron chi connectivity index (χ2n) is 7.53. The zero-order valence-electron chi connectivity index (χ0n) is 20.4. The summed E-state index contributed by atoms with van der Waals surface area (Å²) in [5.41, 5.74) is -2.52. The molecule has 2 aromatic carbocycles. The third-order valence-electron chi connectivity index (χ3n) is 4.73. The van der Waals surface area contributed by atoms with Crippen LogP contribution in [0.25, 0.3) is 0 Å². The van der Waals surface area contributed by atoms with Gasteiger partial charge >= 0.3 is 50.1 Å². The van der Waals surface area contributed by atoms with E-state index in [-0.39, 0.29) is 72.1 Å². The minimum Gasteiger partial charge on any atom is -0.543 e. The van der Waals surface area contributed by atoms with Gasteiger partial charge in [-0.3, -0.25) is 9.97 Å². The number of rotatable bonds is 6. The molecule has 2 aromatic heterocycles. The summed E-state index contributed by atoms with van der Waals surface area (Å²) in [6.07, 6.45) is -7.07. The zero-order chi connectivity index (χ0) is 29.5. The first-order valence-corrected chi connectivity index (χ1v) is 10.8. The number of aromatic nitrogens is 2. The first-order chi connectivity index (χ1) is 18.8. The van der Waals surface area contributed by atoms with Crippen LogP contribution in [0.2, 0.25) is 0 Å². The van der Waals surface area contributed by atoms with Gasteiger partial charge in [0.1, 0.15) is 23.0 Å². The Morgan fingerprint density at radius 2 is 0.927 bits per heavy atom. The van der Waals surface area contributed by atoms with E-state index < -0.39 is 35.4 Å². The number of halogens is 6. The number of nitrogens with zero attached hydrogens (tertiary/aromatic N) is 2. The number of carboxylic acids is 2. The van der Waals surface area contributed by atoms with E-state index in [1.54, 1.807) is 0 Å². The van der Waals surface area contributed by atoms with Crippen LogP contribution >= 0.6 is 0 Å². The molecule has 0 saturated carbocycles. The minimum absolute atomic E-state index is 0. The summed E-state index contributed by atoms with van der Waals surface area (Å²) >= 11 is 0. The molecule has 41 heavy (non-hydrogen) atoms. The van der Waals surface area contributed by atoms with Gasteiger partial charge < -0.3 is 29.3 Å². The van der Waals surface area contributed by atoms with Crippen molar-refractivity contribution in [2.45, 2.75) is 12.4 Å². The van der Waals surface area contributed by atoms with E-state index in [4.69, 9.17) is 9.47 Å². The Balaban J connectivity index is 0.000000280. The minimum atomic E-state index is -4.55. The van der Waals surface area contributed by atoms with E-state index in [9.17, 15) is 46.1 Å². The van der Waals surface area contributed by atoms with Crippen LogP contribution in [0.15, 0.2) is 85.2 Å². The molecule has 0 aliphatic heterocycles. The number of benzene rings is 2. The summed E-state index contributed by atoms with van der Waals surface area (Å²) in [5, 5.41) is 21.0. The Kier molecular flexibility index (Phi) is 11.5. The Bertz CT molecular complexity index is 1370. The van der Waals surface area contributed by atoms with Crippen LogP contribution in [-0.4, -0.2) is 59.6 Å². The number of carbonyl (C=O) groups excluding carboxylic acids is 2. The summed E-state index contributed by atoms with van der Waals surface area (Å²) in [4.78, 5) is 28.0. The molecule has 0 radical (unpaired) electrons. The van der Waals surface area contributed by atoms with Crippen LogP contribution in [0.3, 0.4) is 0 Å². The van der Waals surface area contributed by atoms with Gasteiger partial charge in [-0.2, -0.15) is 26.3 Å². The molecule has 0 bridgehead atoms. The molecule has 0 N–H and O–H groups in total. The van der Waals surface area contributed by atoms with Gasteiger partial charge in [-0.1, -0.05) is 24.3 Å². The average Bonchev–Trinajstić information content (AvgIpc) is 2.89. The second kappa shape index (κ2) is 14.1. The van der Waals surface area contributed by atoms with Gasteiger partial charge in [0.2, 0.25) is 0 Å². The van der Waals surface area contributed by atoms with Gasteiger partial charge in [0.05, 0.1) is 46.8 Å². The summed E-state index contributed by atoms with van der Waals surface area (Å²) in [5.74, 6) is -3.75. The molecule has 0 unspecified atom stereocenters. The fraction of sp³-hybridized carbons (Fsp3) is 0.0769. The van der Waals surface area contributed by atoms with Crippen LogP contribution in [0.4, 0.5) is 26.3 Å². The number of para-hydroxylation sites is 2. The van der Waals surface area contributed by atoms with Crippen molar-refractivity contribution in [3.8, 4) is 23.0 Å². The van der Waals surface area contributed by atoms with Crippen molar-refractivity contribution >= 4 is 49.7 Å². The molecule has 208 valence electrons. The van der Waals surface area contributed by atoms with Crippen molar-refractivity contribution in [1.82, 2.24) is 9.97 Å². The first kappa shape index (κ1) is 33.3. The quantitative estimate of drug-likeness (QED) is 0.238. The standard InChI is InChI=1S/2C13H8F3NO3.Ca/c2*14-13(15,16)9-3-1-2-4-11(9)20-8-5-6-10(12(18)19)17-7-8;/h2*1-7H,(H,18,19);/q;;+2/p-2. The van der Waals surface area contributed by atoms with Gasteiger partial charge in [0.25, 0.3) is 0 Å². The second-order valence-corrected chi connectivity index (χ2v) is 7.53. The van der Waals surface area contributed by atoms with Crippen molar-refractivity contribution in [2.75, 3.05) is 0 Å². The summed E-state index contributed by atoms with van der Waals surface area (Å²) in [6, 6.07) is 13.9. The Morgan fingerprint density at radius 1 is 0.585 bits per heavy atom. The maximum absolute atomic E-state index is 12.7. The Hall–Kier alpha value is -3.88. The largest absolute Gasteiger partial charge is 2.00 e. The molecule has 0 atom stereocenters. The zero-order valence-corrected chi connectivity index (χ0v) is 22.6. The van der Waals surface area contributed by atoms with Gasteiger partial charge in [-0.15, -0.1) is 0 Å². The van der Waals surface area contributed by atoms with E-state index in [0.29, 0.717) is 0 Å². The SMILES string of the molecule is O=C([O-])c1ccc(Oc2ccccc2C(F)(F)F)cn1.O=C([O-])c1ccc(Oc2ccccc2C(F)(F)F)cn1.[Ca+2]. The van der Waals surface area contributed by atoms with Gasteiger partial charge in [-0.05, 0) is 48.5 Å². The molecule has 15 heteroatoms. The van der Waals surface area contributed by atoms with Crippen molar-refractivity contribution in [1.29, 1.82) is 0 Å². The maximum Gasteiger partial charge on any atom is 2.00 e. The number of pyridine rings is 2. The van der Waals surface area contributed by atoms with Crippen LogP contribution in [0, 0.1) is 0 Å². The van der Waals surface area contributed by atoms with Crippen molar-refractivity contribution in [3.63, 3.8) is 0 Å². The first-order valence-electron chi connectivity index (χ1n) is 10.8. The molecule has 0 aliphatic rings. The predicted octanol–water partition coefficient (Wildman–Crippen LogP) is 4.13. The fourth-order valence-corrected chi connectivity index (χ4v) is 2.96. The van der Waals surface area contributed by atoms with Gasteiger partial charge in [0.15, 0.2) is 0 Å². The van der Waals surface area contributed by atoms with Gasteiger partial charge in [0, 0.05) is 0 Å². The number of hydrogen-bond acceptors (Lipinski definition) is 8. The molecule has 0 saturated heterocycles. The number of hydrogen-bond donors (Lipinski definition) is 0. The third-order valence-corrected chi connectivity index (χ3v) is 4.73. The Morgan fingerprint density at radius 3 is 1.20 bits per heavy atom. The third kappa shape index (κ3) is 9.62. The summed E-state index contributed by atoms with van der Waals surface area (Å²) < 4.78 is 86.6. The number of carbonyl (C=O) groups is 2. The van der Waals surface area contributed by atoms with E-state index in [1.807, 2.05) is 0 Å². The normalized spacial score (nSPS) is 10.9. The molecular weight excluding hydrogens is 590 g/mol. The molecule has 0 fully saturated rings. The van der Waals surface area contributed by atoms with Crippen LogP contribution in [-0.2, 0) is 12.4 Å². The summed E-state index contributed by atoms with van der Waals surface area (Å²) in [6.45, 7) is 0. The molecule has 8 nitrogen and oxygen atoms in total. The van der Waals surface area contributed by atoms with E-state index >= 15 is 0 Å². The molecule has 2 heterocycles. The van der Waals surface area contributed by atoms with E-state index in [1.165, 1.54) is 36.4 Å². The molecule has 0 spiro atoms. The van der Waals surface area contributed by atoms with E-state index in [0.717, 1.165) is 48.8 Å². The molecular formula is C26H14CaF6N2O6. The van der Waals surface area contributed by atoms with Crippen LogP contribution < -0.4 is 19.7 Å². The Labute approximate surface area is 257 Å². The molecule has 4 aromatic rings. The van der Waals surface area contributed by atoms with Crippen molar-refractivity contribution in [2.24, 2.45) is 0 Å². The molecule has 4 rings (SSSR count). The number of ether oxygens (including phenoxy) is 2. The summed E-state index contributed by atoms with van der Waals surface area (Å²) in [7, 11) is 0. The molecule has 0 aliphatic carbocycles. The van der Waals surface area contributed by atoms with Crippen LogP contribution in [0.5, 0.6) is 23.0 Å².